The highest BCUT2D eigenvalue weighted by Gasteiger charge is 2.68. The maximum atomic E-state index is 14.0. The van der Waals surface area contributed by atoms with Crippen molar-refractivity contribution in [1.82, 2.24) is 0 Å². The van der Waals surface area contributed by atoms with Crippen LogP contribution >= 0.6 is 0 Å². The maximum absolute atomic E-state index is 14.0. The van der Waals surface area contributed by atoms with Crippen molar-refractivity contribution in [3.8, 4) is 0 Å². The Bertz CT molecular complexity index is 1370. The van der Waals surface area contributed by atoms with Crippen molar-refractivity contribution in [2.24, 2.45) is 17.8 Å². The molecular weight excluding hydrogens is 640 g/mol. The summed E-state index contributed by atoms with van der Waals surface area (Å²) in [4.78, 5) is 14.0. The second-order valence-electron chi connectivity index (χ2n) is 17.7. The second kappa shape index (κ2) is 12.7. The molecule has 0 radical (unpaired) electrons. The molecule has 12 bridgehead atoms. The van der Waals surface area contributed by atoms with E-state index in [0.29, 0.717) is 25.2 Å². The number of hydrogen-bond acceptors (Lipinski definition) is 10. The summed E-state index contributed by atoms with van der Waals surface area (Å²) in [5.41, 5.74) is 2.32. The van der Waals surface area contributed by atoms with Crippen LogP contribution in [0.25, 0.3) is 0 Å². The van der Waals surface area contributed by atoms with Gasteiger partial charge in [-0.15, -0.1) is 0 Å². The molecule has 1 spiro atoms. The van der Waals surface area contributed by atoms with Crippen LogP contribution < -0.4 is 0 Å². The Morgan fingerprint density at radius 2 is 1.46 bits per heavy atom. The Balaban J connectivity index is 0.925. The molecule has 11 aliphatic heterocycles. The Labute approximate surface area is 296 Å². The van der Waals surface area contributed by atoms with Crippen molar-refractivity contribution in [3.05, 3.63) is 24.3 Å². The first-order valence-corrected chi connectivity index (χ1v) is 20.0. The maximum Gasteiger partial charge on any atom is 0.172 e. The van der Waals surface area contributed by atoms with Crippen LogP contribution in [0.5, 0.6) is 0 Å². The molecule has 0 aromatic heterocycles. The molecular formula is C40H56O10. The molecule has 50 heavy (non-hydrogen) atoms. The third kappa shape index (κ3) is 5.91. The summed E-state index contributed by atoms with van der Waals surface area (Å²) in [5.74, 6) is 0.213. The van der Waals surface area contributed by atoms with Gasteiger partial charge in [0.1, 0.15) is 36.3 Å². The van der Waals surface area contributed by atoms with Crippen LogP contribution in [-0.4, -0.2) is 110 Å². The van der Waals surface area contributed by atoms with Gasteiger partial charge < -0.3 is 42.6 Å². The number of ketones is 1. The van der Waals surface area contributed by atoms with Gasteiger partial charge in [0.15, 0.2) is 5.79 Å². The van der Waals surface area contributed by atoms with Gasteiger partial charge in [-0.25, -0.2) is 0 Å². The number of epoxide rings is 1. The molecule has 11 heterocycles. The molecule has 11 rings (SSSR count). The number of ether oxygens (including phenoxy) is 9. The van der Waals surface area contributed by atoms with E-state index in [2.05, 4.69) is 27.0 Å². The molecule has 0 saturated carbocycles. The molecule has 4 unspecified atom stereocenters. The lowest BCUT2D eigenvalue weighted by molar-refractivity contribution is -0.292. The fraction of sp³-hybridized carbons (Fsp3) is 0.875. The molecule has 0 aliphatic carbocycles. The minimum absolute atomic E-state index is 0.0297. The standard InChI is InChI=1S/C40H56O10/c1-19-11-24-5-7-29-20(2)12-26(43-29)9-10-40-17-34-36(49-40)37-38(48-34)39(50-40)35-30(47-37)8-6-25(45-35)13-23(41)14-28-22(4)31(15-27-18-42-27)46-33(28)16-32(44-24)21(19)3/h19,22,24-39H,2-3,5-18H2,1,4H3/t19-,22-,24+,25?,26+,27+,28-,29?,30+,31-,32?,33+,34-,35+,36?,37+,38-,39+,40+/m1/s1. The monoisotopic (exact) mass is 696 g/mol. The van der Waals surface area contributed by atoms with E-state index in [-0.39, 0.29) is 109 Å². The van der Waals surface area contributed by atoms with Gasteiger partial charge in [-0.2, -0.15) is 0 Å². The predicted molar refractivity (Wildman–Crippen MR) is 179 cm³/mol. The highest BCUT2D eigenvalue weighted by Crippen LogP contribution is 2.54. The first kappa shape index (κ1) is 33.4. The molecule has 0 amide bonds. The van der Waals surface area contributed by atoms with Gasteiger partial charge in [-0.3, -0.25) is 4.79 Å². The summed E-state index contributed by atoms with van der Waals surface area (Å²) in [6.07, 6.45) is 9.05. The number of Topliss-reactive ketones (excluding diaryl/α,β-unsaturated/α-hetero) is 1. The lowest BCUT2D eigenvalue weighted by atomic mass is 9.79. The fourth-order valence-corrected chi connectivity index (χ4v) is 11.4. The van der Waals surface area contributed by atoms with Crippen molar-refractivity contribution in [2.75, 3.05) is 6.61 Å². The first-order valence-electron chi connectivity index (χ1n) is 20.0. The molecule has 10 nitrogen and oxygen atoms in total. The van der Waals surface area contributed by atoms with Crippen LogP contribution in [0.1, 0.15) is 97.3 Å². The van der Waals surface area contributed by atoms with Gasteiger partial charge in [-0.1, -0.05) is 27.0 Å². The van der Waals surface area contributed by atoms with E-state index < -0.39 is 5.79 Å². The quantitative estimate of drug-likeness (QED) is 0.285. The predicted octanol–water partition coefficient (Wildman–Crippen LogP) is 5.14. The molecule has 11 fully saturated rings. The molecule has 276 valence electrons. The molecule has 0 N–H and O–H groups in total. The van der Waals surface area contributed by atoms with Crippen LogP contribution in [-0.2, 0) is 47.4 Å². The SMILES string of the molecule is C=C1C[C@@H]2CC[C@@]34C[C@H]5O[C@H]6[C@@H](O3)[C@H]3OC(CC[C@@H]3O[C@H]6C5O4)CC(=O)C[C@@H]3[C@@H](C)[C@@H](C[C@H]4CO4)O[C@H]3CC3O[C@@H](CCC1O2)C[C@@H](C)C3=C. The number of carbonyl (C=O) groups excluding carboxylic acids is 1. The largest absolute Gasteiger partial charge is 0.374 e. The highest BCUT2D eigenvalue weighted by molar-refractivity contribution is 5.79. The number of fused-ring (bicyclic) bond motifs is 6. The third-order valence-corrected chi connectivity index (χ3v) is 14.3. The summed E-state index contributed by atoms with van der Waals surface area (Å²) < 4.78 is 59.9. The number of hydrogen-bond donors (Lipinski definition) is 0. The topological polar surface area (TPSA) is 103 Å². The van der Waals surface area contributed by atoms with Crippen LogP contribution in [0.4, 0.5) is 0 Å². The molecule has 0 aromatic carbocycles. The zero-order chi connectivity index (χ0) is 33.9. The van der Waals surface area contributed by atoms with Gasteiger partial charge in [0, 0.05) is 38.5 Å². The van der Waals surface area contributed by atoms with Crippen LogP contribution in [0.15, 0.2) is 24.3 Å². The van der Waals surface area contributed by atoms with Gasteiger partial charge in [0.05, 0.1) is 67.6 Å². The van der Waals surface area contributed by atoms with Crippen LogP contribution in [0.2, 0.25) is 0 Å². The van der Waals surface area contributed by atoms with Gasteiger partial charge in [0.2, 0.25) is 0 Å². The highest BCUT2D eigenvalue weighted by atomic mass is 16.8. The third-order valence-electron chi connectivity index (χ3n) is 14.3. The zero-order valence-electron chi connectivity index (χ0n) is 29.8. The Morgan fingerprint density at radius 1 is 0.700 bits per heavy atom. The van der Waals surface area contributed by atoms with E-state index in [0.717, 1.165) is 76.4 Å². The Kier molecular flexibility index (Phi) is 8.47. The Hall–Kier alpha value is -1.21. The average Bonchev–Trinajstić information content (AvgIpc) is 3.58. The average molecular weight is 697 g/mol. The fourth-order valence-electron chi connectivity index (χ4n) is 11.4. The van der Waals surface area contributed by atoms with Crippen molar-refractivity contribution >= 4 is 5.78 Å². The number of rotatable bonds is 2. The smallest absolute Gasteiger partial charge is 0.172 e. The lowest BCUT2D eigenvalue weighted by Gasteiger charge is -2.47. The van der Waals surface area contributed by atoms with E-state index in [1.165, 1.54) is 5.57 Å². The van der Waals surface area contributed by atoms with Crippen LogP contribution in [0, 0.1) is 17.8 Å². The van der Waals surface area contributed by atoms with Crippen LogP contribution in [0.3, 0.4) is 0 Å². The summed E-state index contributed by atoms with van der Waals surface area (Å²) in [7, 11) is 0. The summed E-state index contributed by atoms with van der Waals surface area (Å²) in [6.45, 7) is 14.3. The van der Waals surface area contributed by atoms with E-state index in [1.807, 2.05) is 0 Å². The summed E-state index contributed by atoms with van der Waals surface area (Å²) in [5, 5.41) is 0. The van der Waals surface area contributed by atoms with Crippen molar-refractivity contribution in [3.63, 3.8) is 0 Å². The van der Waals surface area contributed by atoms with Gasteiger partial charge in [0.25, 0.3) is 0 Å². The minimum Gasteiger partial charge on any atom is -0.374 e. The molecule has 10 heteroatoms. The Morgan fingerprint density at radius 3 is 2.32 bits per heavy atom. The van der Waals surface area contributed by atoms with E-state index in [1.54, 1.807) is 0 Å². The summed E-state index contributed by atoms with van der Waals surface area (Å²) in [6, 6.07) is 0. The lowest BCUT2D eigenvalue weighted by Crippen LogP contribution is -2.61. The van der Waals surface area contributed by atoms with E-state index in [9.17, 15) is 4.79 Å². The van der Waals surface area contributed by atoms with E-state index in [4.69, 9.17) is 42.6 Å². The molecule has 0 aromatic rings. The molecule has 11 aliphatic rings. The zero-order valence-corrected chi connectivity index (χ0v) is 29.8. The second-order valence-corrected chi connectivity index (χ2v) is 17.7. The first-order chi connectivity index (χ1) is 24.2. The van der Waals surface area contributed by atoms with Gasteiger partial charge in [-0.05, 0) is 73.8 Å². The molecule has 19 atom stereocenters. The van der Waals surface area contributed by atoms with Crippen molar-refractivity contribution < 1.29 is 47.4 Å². The van der Waals surface area contributed by atoms with E-state index >= 15 is 0 Å². The van der Waals surface area contributed by atoms with Crippen molar-refractivity contribution in [2.45, 2.75) is 195 Å². The molecule has 11 saturated heterocycles. The normalized spacial score (nSPS) is 55.9. The summed E-state index contributed by atoms with van der Waals surface area (Å²) >= 11 is 0. The van der Waals surface area contributed by atoms with Gasteiger partial charge >= 0.3 is 0 Å². The minimum atomic E-state index is -0.743. The van der Waals surface area contributed by atoms with Crippen molar-refractivity contribution in [1.29, 1.82) is 0 Å². The number of carbonyl (C=O) groups is 1.